The van der Waals surface area contributed by atoms with Crippen molar-refractivity contribution in [3.8, 4) is 6.01 Å². The van der Waals surface area contributed by atoms with Gasteiger partial charge in [-0.1, -0.05) is 0 Å². The van der Waals surface area contributed by atoms with Gasteiger partial charge >= 0.3 is 6.01 Å². The van der Waals surface area contributed by atoms with E-state index in [1.807, 2.05) is 13.8 Å². The number of rotatable bonds is 8. The fourth-order valence-corrected chi connectivity index (χ4v) is 1.44. The van der Waals surface area contributed by atoms with Gasteiger partial charge in [-0.15, -0.1) is 0 Å². The first-order chi connectivity index (χ1) is 9.05. The Morgan fingerprint density at radius 1 is 1.32 bits per heavy atom. The predicted octanol–water partition coefficient (Wildman–Crippen LogP) is 0.0503. The van der Waals surface area contributed by atoms with E-state index in [0.29, 0.717) is 19.0 Å². The molecule has 8 heteroatoms. The Morgan fingerprint density at radius 2 is 2.05 bits per heavy atom. The number of anilines is 2. The lowest BCUT2D eigenvalue weighted by atomic mass is 10.2. The van der Waals surface area contributed by atoms with Crippen LogP contribution in [-0.4, -0.2) is 52.5 Å². The predicted molar refractivity (Wildman–Crippen MR) is 71.0 cm³/mol. The van der Waals surface area contributed by atoms with Crippen molar-refractivity contribution >= 4 is 11.9 Å². The number of aromatic nitrogens is 3. The molecule has 0 amide bonds. The summed E-state index contributed by atoms with van der Waals surface area (Å²) in [7, 11) is 1.58. The molecule has 8 nitrogen and oxygen atoms in total. The fraction of sp³-hybridized carbons (Fsp3) is 0.727. The van der Waals surface area contributed by atoms with Gasteiger partial charge in [0.05, 0.1) is 18.8 Å². The van der Waals surface area contributed by atoms with Gasteiger partial charge in [0, 0.05) is 13.7 Å². The molecule has 0 saturated carbocycles. The van der Waals surface area contributed by atoms with Gasteiger partial charge < -0.3 is 25.6 Å². The molecule has 1 aromatic heterocycles. The minimum atomic E-state index is -0.108. The molecule has 0 spiro atoms. The van der Waals surface area contributed by atoms with Crippen molar-refractivity contribution in [3.63, 3.8) is 0 Å². The molecule has 108 valence electrons. The quantitative estimate of drug-likeness (QED) is 0.607. The lowest BCUT2D eigenvalue weighted by Crippen LogP contribution is -2.27. The standard InChI is InChI=1S/C11H21N5O3/c1-7(2)19-11-15-9(12)14-10(16-11)13-8(4-5-17)6-18-3/h7-8,17H,4-6H2,1-3H3,(H3,12,13,14,15,16). The van der Waals surface area contributed by atoms with Gasteiger partial charge in [-0.05, 0) is 20.3 Å². The first-order valence-electron chi connectivity index (χ1n) is 6.09. The molecule has 0 bridgehead atoms. The molecule has 0 aliphatic rings. The molecule has 0 aromatic carbocycles. The molecular formula is C11H21N5O3. The molecule has 4 N–H and O–H groups in total. The van der Waals surface area contributed by atoms with E-state index in [-0.39, 0.29) is 30.7 Å². The zero-order valence-corrected chi connectivity index (χ0v) is 11.5. The number of nitrogens with two attached hydrogens (primary N) is 1. The first-order valence-corrected chi connectivity index (χ1v) is 6.09. The third-order valence-corrected chi connectivity index (χ3v) is 2.15. The summed E-state index contributed by atoms with van der Waals surface area (Å²) in [6, 6.07) is 0.0638. The number of hydrogen-bond donors (Lipinski definition) is 3. The van der Waals surface area contributed by atoms with Crippen LogP contribution in [0, 0.1) is 0 Å². The molecular weight excluding hydrogens is 250 g/mol. The van der Waals surface area contributed by atoms with Gasteiger partial charge in [0.25, 0.3) is 0 Å². The molecule has 1 aromatic rings. The molecule has 1 atom stereocenters. The highest BCUT2D eigenvalue weighted by Gasteiger charge is 2.12. The molecule has 0 fully saturated rings. The Morgan fingerprint density at radius 3 is 2.63 bits per heavy atom. The SMILES string of the molecule is COCC(CCO)Nc1nc(N)nc(OC(C)C)n1. The first kappa shape index (κ1) is 15.4. The number of aliphatic hydroxyl groups excluding tert-OH is 1. The van der Waals surface area contributed by atoms with Crippen LogP contribution in [0.3, 0.4) is 0 Å². The maximum absolute atomic E-state index is 8.97. The second-order valence-electron chi connectivity index (χ2n) is 4.28. The highest BCUT2D eigenvalue weighted by atomic mass is 16.5. The summed E-state index contributed by atoms with van der Waals surface area (Å²) in [5.41, 5.74) is 5.60. The van der Waals surface area contributed by atoms with Gasteiger partial charge in [-0.3, -0.25) is 0 Å². The van der Waals surface area contributed by atoms with E-state index in [4.69, 9.17) is 20.3 Å². The maximum Gasteiger partial charge on any atom is 0.323 e. The van der Waals surface area contributed by atoms with Gasteiger partial charge in [0.2, 0.25) is 11.9 Å². The van der Waals surface area contributed by atoms with E-state index in [9.17, 15) is 0 Å². The van der Waals surface area contributed by atoms with E-state index in [2.05, 4.69) is 20.3 Å². The smallest absolute Gasteiger partial charge is 0.323 e. The Hall–Kier alpha value is -1.67. The van der Waals surface area contributed by atoms with E-state index in [1.165, 1.54) is 0 Å². The van der Waals surface area contributed by atoms with Crippen LogP contribution >= 0.6 is 0 Å². The summed E-state index contributed by atoms with van der Waals surface area (Å²) >= 11 is 0. The van der Waals surface area contributed by atoms with Crippen molar-refractivity contribution < 1.29 is 14.6 Å². The van der Waals surface area contributed by atoms with E-state index in [0.717, 1.165) is 0 Å². The van der Waals surface area contributed by atoms with Crippen molar-refractivity contribution in [2.75, 3.05) is 31.4 Å². The maximum atomic E-state index is 8.97. The van der Waals surface area contributed by atoms with Gasteiger partial charge in [-0.25, -0.2) is 0 Å². The molecule has 1 heterocycles. The van der Waals surface area contributed by atoms with Crippen LogP contribution in [-0.2, 0) is 4.74 Å². The van der Waals surface area contributed by atoms with Gasteiger partial charge in [0.15, 0.2) is 0 Å². The monoisotopic (exact) mass is 271 g/mol. The average molecular weight is 271 g/mol. The van der Waals surface area contributed by atoms with Crippen LogP contribution in [0.2, 0.25) is 0 Å². The second-order valence-corrected chi connectivity index (χ2v) is 4.28. The summed E-state index contributed by atoms with van der Waals surface area (Å²) in [6.45, 7) is 4.20. The van der Waals surface area contributed by atoms with Crippen molar-refractivity contribution in [1.29, 1.82) is 0 Å². The lowest BCUT2D eigenvalue weighted by Gasteiger charge is -2.17. The van der Waals surface area contributed by atoms with Crippen LogP contribution in [0.1, 0.15) is 20.3 Å². The number of nitrogens with zero attached hydrogens (tertiary/aromatic N) is 3. The van der Waals surface area contributed by atoms with Crippen LogP contribution < -0.4 is 15.8 Å². The topological polar surface area (TPSA) is 115 Å². The number of aliphatic hydroxyl groups is 1. The summed E-state index contributed by atoms with van der Waals surface area (Å²) in [5.74, 6) is 0.381. The minimum absolute atomic E-state index is 0.0386. The third-order valence-electron chi connectivity index (χ3n) is 2.15. The van der Waals surface area contributed by atoms with Gasteiger partial charge in [-0.2, -0.15) is 15.0 Å². The lowest BCUT2D eigenvalue weighted by molar-refractivity contribution is 0.169. The van der Waals surface area contributed by atoms with Crippen molar-refractivity contribution in [2.24, 2.45) is 0 Å². The van der Waals surface area contributed by atoms with Crippen LogP contribution in [0.15, 0.2) is 0 Å². The summed E-state index contributed by atoms with van der Waals surface area (Å²) < 4.78 is 10.4. The second kappa shape index (κ2) is 7.70. The Bertz CT molecular complexity index is 383. The van der Waals surface area contributed by atoms with Crippen molar-refractivity contribution in [3.05, 3.63) is 0 Å². The molecule has 0 aliphatic heterocycles. The highest BCUT2D eigenvalue weighted by Crippen LogP contribution is 2.12. The van der Waals surface area contributed by atoms with E-state index < -0.39 is 0 Å². The number of nitrogens with one attached hydrogen (secondary N) is 1. The van der Waals surface area contributed by atoms with Crippen LogP contribution in [0.5, 0.6) is 6.01 Å². The largest absolute Gasteiger partial charge is 0.461 e. The third kappa shape index (κ3) is 5.66. The summed E-state index contributed by atoms with van der Waals surface area (Å²) in [5, 5.41) is 12.0. The molecule has 0 saturated heterocycles. The Kier molecular flexibility index (Phi) is 6.23. The zero-order valence-electron chi connectivity index (χ0n) is 11.5. The molecule has 1 rings (SSSR count). The number of nitrogen functional groups attached to an aromatic ring is 1. The molecule has 1 unspecified atom stereocenters. The van der Waals surface area contributed by atoms with Gasteiger partial charge in [0.1, 0.15) is 0 Å². The van der Waals surface area contributed by atoms with Crippen molar-refractivity contribution in [1.82, 2.24) is 15.0 Å². The number of methoxy groups -OCH3 is 1. The molecule has 0 aliphatic carbocycles. The minimum Gasteiger partial charge on any atom is -0.461 e. The number of ether oxygens (including phenoxy) is 2. The van der Waals surface area contributed by atoms with E-state index >= 15 is 0 Å². The highest BCUT2D eigenvalue weighted by molar-refractivity contribution is 5.33. The van der Waals surface area contributed by atoms with Crippen LogP contribution in [0.25, 0.3) is 0 Å². The molecule has 19 heavy (non-hydrogen) atoms. The molecule has 0 radical (unpaired) electrons. The Labute approximate surface area is 112 Å². The van der Waals surface area contributed by atoms with Crippen LogP contribution in [0.4, 0.5) is 11.9 Å². The number of hydrogen-bond acceptors (Lipinski definition) is 8. The fourth-order valence-electron chi connectivity index (χ4n) is 1.44. The average Bonchev–Trinajstić information content (AvgIpc) is 2.27. The van der Waals surface area contributed by atoms with E-state index in [1.54, 1.807) is 7.11 Å². The normalized spacial score (nSPS) is 12.5. The zero-order chi connectivity index (χ0) is 14.3. The summed E-state index contributed by atoms with van der Waals surface area (Å²) in [6.07, 6.45) is 0.460. The summed E-state index contributed by atoms with van der Waals surface area (Å²) in [4.78, 5) is 12.0. The Balaban J connectivity index is 2.77. The van der Waals surface area contributed by atoms with Crippen molar-refractivity contribution in [2.45, 2.75) is 32.4 Å².